The summed E-state index contributed by atoms with van der Waals surface area (Å²) in [6.45, 7) is -0.515. The third-order valence-corrected chi connectivity index (χ3v) is 3.51. The molecule has 6 nitrogen and oxygen atoms in total. The summed E-state index contributed by atoms with van der Waals surface area (Å²) in [5, 5.41) is 3.87. The van der Waals surface area contributed by atoms with Gasteiger partial charge in [-0.1, -0.05) is 6.07 Å². The Hall–Kier alpha value is -2.67. The summed E-state index contributed by atoms with van der Waals surface area (Å²) in [6, 6.07) is 9.56. The minimum Gasteiger partial charge on any atom is -0.497 e. The van der Waals surface area contributed by atoms with Crippen molar-refractivity contribution in [3.8, 4) is 5.75 Å². The Morgan fingerprint density at radius 2 is 1.86 bits per heavy atom. The highest BCUT2D eigenvalue weighted by atomic mass is 32.1. The van der Waals surface area contributed by atoms with Gasteiger partial charge in [0.15, 0.2) is 6.61 Å². The van der Waals surface area contributed by atoms with Crippen molar-refractivity contribution in [2.24, 2.45) is 0 Å². The van der Waals surface area contributed by atoms with Gasteiger partial charge >= 0.3 is 5.97 Å². The van der Waals surface area contributed by atoms with E-state index in [0.29, 0.717) is 16.2 Å². The number of amides is 2. The SMILES string of the molecule is COc1ccc(C(=O)NC(=O)COC(=O)c2cccs2)cc1. The summed E-state index contributed by atoms with van der Waals surface area (Å²) in [5.41, 5.74) is 0.304. The van der Waals surface area contributed by atoms with Crippen LogP contribution in [0.4, 0.5) is 0 Å². The molecule has 0 radical (unpaired) electrons. The summed E-state index contributed by atoms with van der Waals surface area (Å²) >= 11 is 1.21. The molecular weight excluding hydrogens is 306 g/mol. The Morgan fingerprint density at radius 3 is 2.45 bits per heavy atom. The molecule has 2 amide bonds. The monoisotopic (exact) mass is 319 g/mol. The molecule has 22 heavy (non-hydrogen) atoms. The fourth-order valence-electron chi connectivity index (χ4n) is 1.57. The molecule has 1 N–H and O–H groups in total. The van der Waals surface area contributed by atoms with Crippen LogP contribution >= 0.6 is 11.3 Å². The zero-order valence-corrected chi connectivity index (χ0v) is 12.5. The molecule has 2 rings (SSSR count). The first kappa shape index (κ1) is 15.7. The van der Waals surface area contributed by atoms with E-state index in [9.17, 15) is 14.4 Å². The molecule has 7 heteroatoms. The van der Waals surface area contributed by atoms with Gasteiger partial charge in [0.1, 0.15) is 10.6 Å². The maximum Gasteiger partial charge on any atom is 0.348 e. The summed E-state index contributed by atoms with van der Waals surface area (Å²) < 4.78 is 9.78. The summed E-state index contributed by atoms with van der Waals surface area (Å²) in [6.07, 6.45) is 0. The predicted octanol–water partition coefficient (Wildman–Crippen LogP) is 1.87. The number of thiophene rings is 1. The van der Waals surface area contributed by atoms with Crippen molar-refractivity contribution in [3.63, 3.8) is 0 Å². The molecule has 114 valence electrons. The van der Waals surface area contributed by atoms with Crippen LogP contribution < -0.4 is 10.1 Å². The van der Waals surface area contributed by atoms with Gasteiger partial charge in [0.2, 0.25) is 0 Å². The van der Waals surface area contributed by atoms with Crippen molar-refractivity contribution in [2.45, 2.75) is 0 Å². The van der Waals surface area contributed by atoms with E-state index in [1.807, 2.05) is 0 Å². The lowest BCUT2D eigenvalue weighted by molar-refractivity contribution is -0.123. The van der Waals surface area contributed by atoms with Gasteiger partial charge in [-0.05, 0) is 35.7 Å². The number of carbonyl (C=O) groups is 3. The molecule has 0 spiro atoms. The van der Waals surface area contributed by atoms with Crippen LogP contribution in [-0.4, -0.2) is 31.5 Å². The zero-order chi connectivity index (χ0) is 15.9. The van der Waals surface area contributed by atoms with Crippen molar-refractivity contribution < 1.29 is 23.9 Å². The number of nitrogens with one attached hydrogen (secondary N) is 1. The maximum atomic E-state index is 11.8. The van der Waals surface area contributed by atoms with E-state index in [-0.39, 0.29) is 0 Å². The minimum absolute atomic E-state index is 0.304. The molecule has 0 fully saturated rings. The zero-order valence-electron chi connectivity index (χ0n) is 11.7. The molecule has 0 saturated carbocycles. The first-order chi connectivity index (χ1) is 10.6. The third-order valence-electron chi connectivity index (χ3n) is 2.66. The van der Waals surface area contributed by atoms with Crippen molar-refractivity contribution in [1.82, 2.24) is 5.32 Å². The van der Waals surface area contributed by atoms with E-state index in [0.717, 1.165) is 0 Å². The van der Waals surface area contributed by atoms with E-state index < -0.39 is 24.4 Å². The molecule has 0 aliphatic rings. The second-order valence-corrected chi connectivity index (χ2v) is 5.11. The molecule has 0 unspecified atom stereocenters. The van der Waals surface area contributed by atoms with Crippen molar-refractivity contribution in [2.75, 3.05) is 13.7 Å². The number of methoxy groups -OCH3 is 1. The van der Waals surface area contributed by atoms with Gasteiger partial charge in [0.05, 0.1) is 7.11 Å². The highest BCUT2D eigenvalue weighted by Gasteiger charge is 2.14. The van der Waals surface area contributed by atoms with Crippen molar-refractivity contribution in [1.29, 1.82) is 0 Å². The van der Waals surface area contributed by atoms with Gasteiger partial charge < -0.3 is 9.47 Å². The van der Waals surface area contributed by atoms with E-state index in [1.54, 1.807) is 29.6 Å². The third kappa shape index (κ3) is 4.16. The quantitative estimate of drug-likeness (QED) is 0.851. The molecule has 0 bridgehead atoms. The van der Waals surface area contributed by atoms with Crippen molar-refractivity contribution >= 4 is 29.1 Å². The van der Waals surface area contributed by atoms with E-state index >= 15 is 0 Å². The highest BCUT2D eigenvalue weighted by Crippen LogP contribution is 2.11. The van der Waals surface area contributed by atoms with Gasteiger partial charge in [-0.25, -0.2) is 4.79 Å². The normalized spacial score (nSPS) is 9.86. The summed E-state index contributed by atoms with van der Waals surface area (Å²) in [4.78, 5) is 35.4. The van der Waals surface area contributed by atoms with E-state index in [1.165, 1.54) is 30.6 Å². The lowest BCUT2D eigenvalue weighted by atomic mass is 10.2. The van der Waals surface area contributed by atoms with Gasteiger partial charge in [0, 0.05) is 5.56 Å². The van der Waals surface area contributed by atoms with Crippen LogP contribution in [0.1, 0.15) is 20.0 Å². The molecule has 1 aromatic heterocycles. The summed E-state index contributed by atoms with van der Waals surface area (Å²) in [5.74, 6) is -1.25. The molecule has 1 aromatic carbocycles. The standard InChI is InChI=1S/C15H13NO5S/c1-20-11-6-4-10(5-7-11)14(18)16-13(17)9-21-15(19)12-3-2-8-22-12/h2-8H,9H2,1H3,(H,16,17,18). The minimum atomic E-state index is -0.689. The molecule has 0 aliphatic heterocycles. The number of ether oxygens (including phenoxy) is 2. The van der Waals surface area contributed by atoms with Crippen LogP contribution in [0.15, 0.2) is 41.8 Å². The van der Waals surface area contributed by atoms with Gasteiger partial charge in [-0.15, -0.1) is 11.3 Å². The molecule has 2 aromatic rings. The van der Waals surface area contributed by atoms with Crippen LogP contribution in [-0.2, 0) is 9.53 Å². The second kappa shape index (κ2) is 7.37. The Labute approximate surface area is 130 Å². The Bertz CT molecular complexity index is 664. The number of carbonyl (C=O) groups excluding carboxylic acids is 3. The molecular formula is C15H13NO5S. The van der Waals surface area contributed by atoms with Gasteiger partial charge in [-0.3, -0.25) is 14.9 Å². The number of rotatable bonds is 5. The summed E-state index contributed by atoms with van der Waals surface area (Å²) in [7, 11) is 1.51. The first-order valence-corrected chi connectivity index (χ1v) is 7.17. The maximum absolute atomic E-state index is 11.8. The Kier molecular flexibility index (Phi) is 5.26. The van der Waals surface area contributed by atoms with E-state index in [2.05, 4.69) is 5.32 Å². The molecule has 0 atom stereocenters. The number of hydrogen-bond donors (Lipinski definition) is 1. The fraction of sp³-hybridized carbons (Fsp3) is 0.133. The Balaban J connectivity index is 1.83. The predicted molar refractivity (Wildman–Crippen MR) is 80.1 cm³/mol. The number of hydrogen-bond acceptors (Lipinski definition) is 6. The number of esters is 1. The number of benzene rings is 1. The molecule has 1 heterocycles. The van der Waals surface area contributed by atoms with Crippen LogP contribution in [0.25, 0.3) is 0 Å². The van der Waals surface area contributed by atoms with Crippen LogP contribution in [0.2, 0.25) is 0 Å². The fourth-order valence-corrected chi connectivity index (χ4v) is 2.19. The average molecular weight is 319 g/mol. The average Bonchev–Trinajstić information content (AvgIpc) is 3.07. The number of imide groups is 1. The van der Waals surface area contributed by atoms with Crippen LogP contribution in [0, 0.1) is 0 Å². The lowest BCUT2D eigenvalue weighted by Crippen LogP contribution is -2.34. The first-order valence-electron chi connectivity index (χ1n) is 6.29. The lowest BCUT2D eigenvalue weighted by Gasteiger charge is -2.06. The molecule has 0 saturated heterocycles. The van der Waals surface area contributed by atoms with E-state index in [4.69, 9.17) is 9.47 Å². The van der Waals surface area contributed by atoms with Gasteiger partial charge in [0.25, 0.3) is 11.8 Å². The largest absolute Gasteiger partial charge is 0.497 e. The second-order valence-electron chi connectivity index (χ2n) is 4.16. The smallest absolute Gasteiger partial charge is 0.348 e. The van der Waals surface area contributed by atoms with Crippen molar-refractivity contribution in [3.05, 3.63) is 52.2 Å². The molecule has 0 aliphatic carbocycles. The highest BCUT2D eigenvalue weighted by molar-refractivity contribution is 7.11. The van der Waals surface area contributed by atoms with Gasteiger partial charge in [-0.2, -0.15) is 0 Å². The Morgan fingerprint density at radius 1 is 1.14 bits per heavy atom. The topological polar surface area (TPSA) is 81.7 Å². The van der Waals surface area contributed by atoms with Crippen LogP contribution in [0.5, 0.6) is 5.75 Å². The van der Waals surface area contributed by atoms with Crippen LogP contribution in [0.3, 0.4) is 0 Å².